The minimum atomic E-state index is -0.276. The van der Waals surface area contributed by atoms with Gasteiger partial charge in [0.2, 0.25) is 5.88 Å². The van der Waals surface area contributed by atoms with Gasteiger partial charge in [0, 0.05) is 19.3 Å². The molecule has 2 aromatic rings. The summed E-state index contributed by atoms with van der Waals surface area (Å²) >= 11 is 0. The van der Waals surface area contributed by atoms with E-state index in [1.165, 1.54) is 0 Å². The first kappa shape index (κ1) is 15.9. The predicted molar refractivity (Wildman–Crippen MR) is 82.9 cm³/mol. The fraction of sp³-hybridized carbons (Fsp3) is 0.250. The van der Waals surface area contributed by atoms with Gasteiger partial charge in [-0.3, -0.25) is 4.79 Å². The van der Waals surface area contributed by atoms with Crippen LogP contribution < -0.4 is 15.8 Å². The molecule has 0 saturated heterocycles. The standard InChI is InChI=1S/C16H19N3O3/c1-18-15(21)14-3-2-8-19-16(14)22-13-6-4-11(5-7-13)9-12(17)10-20/h2-8,12,20H,9-10,17H2,1H3,(H,18,21). The number of carbonyl (C=O) groups excluding carboxylic acids is 1. The predicted octanol–water partition coefficient (Wildman–Crippen LogP) is 1.10. The van der Waals surface area contributed by atoms with Crippen LogP contribution >= 0.6 is 0 Å². The molecule has 1 atom stereocenters. The number of aliphatic hydroxyl groups is 1. The molecule has 6 heteroatoms. The van der Waals surface area contributed by atoms with E-state index in [4.69, 9.17) is 15.6 Å². The molecule has 0 spiro atoms. The third-order valence-corrected chi connectivity index (χ3v) is 3.11. The Balaban J connectivity index is 2.13. The second-order valence-corrected chi connectivity index (χ2v) is 4.83. The van der Waals surface area contributed by atoms with Crippen LogP contribution in [0.1, 0.15) is 15.9 Å². The maximum absolute atomic E-state index is 11.8. The third kappa shape index (κ3) is 4.03. The lowest BCUT2D eigenvalue weighted by Crippen LogP contribution is -2.26. The van der Waals surface area contributed by atoms with Crippen molar-refractivity contribution in [1.82, 2.24) is 10.3 Å². The van der Waals surface area contributed by atoms with Crippen molar-refractivity contribution in [3.63, 3.8) is 0 Å². The molecular formula is C16H19N3O3. The van der Waals surface area contributed by atoms with Gasteiger partial charge in [-0.1, -0.05) is 12.1 Å². The minimum Gasteiger partial charge on any atom is -0.438 e. The van der Waals surface area contributed by atoms with E-state index in [0.29, 0.717) is 17.7 Å². The lowest BCUT2D eigenvalue weighted by Gasteiger charge is -2.11. The van der Waals surface area contributed by atoms with Crippen LogP contribution in [0.25, 0.3) is 0 Å². The van der Waals surface area contributed by atoms with E-state index >= 15 is 0 Å². The number of ether oxygens (including phenoxy) is 1. The second kappa shape index (κ2) is 7.53. The second-order valence-electron chi connectivity index (χ2n) is 4.83. The zero-order valence-corrected chi connectivity index (χ0v) is 12.3. The number of rotatable bonds is 6. The molecule has 0 bridgehead atoms. The molecule has 0 fully saturated rings. The molecule has 1 unspecified atom stereocenters. The average molecular weight is 301 g/mol. The van der Waals surface area contributed by atoms with Crippen molar-refractivity contribution < 1.29 is 14.6 Å². The van der Waals surface area contributed by atoms with E-state index in [0.717, 1.165) is 5.56 Å². The average Bonchev–Trinajstić information content (AvgIpc) is 2.56. The maximum atomic E-state index is 11.8. The molecule has 1 aromatic carbocycles. The van der Waals surface area contributed by atoms with Crippen molar-refractivity contribution in [2.45, 2.75) is 12.5 Å². The van der Waals surface area contributed by atoms with Crippen LogP contribution in [-0.4, -0.2) is 35.7 Å². The molecule has 0 radical (unpaired) electrons. The first-order valence-corrected chi connectivity index (χ1v) is 6.94. The van der Waals surface area contributed by atoms with Crippen LogP contribution in [0.4, 0.5) is 0 Å². The highest BCUT2D eigenvalue weighted by molar-refractivity contribution is 5.96. The topological polar surface area (TPSA) is 97.5 Å². The van der Waals surface area contributed by atoms with Gasteiger partial charge in [0.1, 0.15) is 11.3 Å². The van der Waals surface area contributed by atoms with Gasteiger partial charge in [-0.2, -0.15) is 0 Å². The number of nitrogens with two attached hydrogens (primary N) is 1. The van der Waals surface area contributed by atoms with Gasteiger partial charge in [-0.25, -0.2) is 4.98 Å². The molecule has 1 heterocycles. The SMILES string of the molecule is CNC(=O)c1cccnc1Oc1ccc(CC(N)CO)cc1. The number of carbonyl (C=O) groups is 1. The highest BCUT2D eigenvalue weighted by Crippen LogP contribution is 2.23. The first-order valence-electron chi connectivity index (χ1n) is 6.94. The highest BCUT2D eigenvalue weighted by Gasteiger charge is 2.12. The molecule has 116 valence electrons. The van der Waals surface area contributed by atoms with Gasteiger partial charge in [0.25, 0.3) is 5.91 Å². The Kier molecular flexibility index (Phi) is 5.46. The molecule has 0 aliphatic rings. The van der Waals surface area contributed by atoms with Crippen molar-refractivity contribution in [1.29, 1.82) is 0 Å². The third-order valence-electron chi connectivity index (χ3n) is 3.11. The fourth-order valence-electron chi connectivity index (χ4n) is 1.95. The summed E-state index contributed by atoms with van der Waals surface area (Å²) in [5, 5.41) is 11.5. The molecule has 0 saturated carbocycles. The summed E-state index contributed by atoms with van der Waals surface area (Å²) in [6.07, 6.45) is 2.15. The number of nitrogens with one attached hydrogen (secondary N) is 1. The van der Waals surface area contributed by atoms with Crippen LogP contribution in [0, 0.1) is 0 Å². The van der Waals surface area contributed by atoms with E-state index in [2.05, 4.69) is 10.3 Å². The Hall–Kier alpha value is -2.44. The molecule has 2 rings (SSSR count). The number of pyridine rings is 1. The maximum Gasteiger partial charge on any atom is 0.256 e. The van der Waals surface area contributed by atoms with Crippen molar-refractivity contribution >= 4 is 5.91 Å². The van der Waals surface area contributed by atoms with Gasteiger partial charge in [0.05, 0.1) is 6.61 Å². The summed E-state index contributed by atoms with van der Waals surface area (Å²) in [5.41, 5.74) is 7.07. The Morgan fingerprint density at radius 1 is 1.36 bits per heavy atom. The van der Waals surface area contributed by atoms with Crippen LogP contribution in [0.3, 0.4) is 0 Å². The molecule has 0 aliphatic heterocycles. The number of amides is 1. The quantitative estimate of drug-likeness (QED) is 0.742. The van der Waals surface area contributed by atoms with E-state index in [1.54, 1.807) is 37.5 Å². The number of hydrogen-bond acceptors (Lipinski definition) is 5. The lowest BCUT2D eigenvalue weighted by atomic mass is 10.1. The molecule has 1 amide bonds. The van der Waals surface area contributed by atoms with Crippen LogP contribution in [-0.2, 0) is 6.42 Å². The largest absolute Gasteiger partial charge is 0.438 e. The summed E-state index contributed by atoms with van der Waals surface area (Å²) in [6, 6.07) is 10.3. The minimum absolute atomic E-state index is 0.0539. The normalized spacial score (nSPS) is 11.8. The fourth-order valence-corrected chi connectivity index (χ4v) is 1.95. The van der Waals surface area contributed by atoms with Crippen molar-refractivity contribution in [2.75, 3.05) is 13.7 Å². The van der Waals surface area contributed by atoms with Gasteiger partial charge < -0.3 is 20.9 Å². The number of nitrogens with zero attached hydrogens (tertiary/aromatic N) is 1. The summed E-state index contributed by atoms with van der Waals surface area (Å²) in [7, 11) is 1.55. The number of benzene rings is 1. The van der Waals surface area contributed by atoms with Crippen molar-refractivity contribution in [2.24, 2.45) is 5.73 Å². The van der Waals surface area contributed by atoms with Gasteiger partial charge >= 0.3 is 0 Å². The smallest absolute Gasteiger partial charge is 0.256 e. The monoisotopic (exact) mass is 301 g/mol. The van der Waals surface area contributed by atoms with E-state index < -0.39 is 0 Å². The van der Waals surface area contributed by atoms with Crippen molar-refractivity contribution in [3.05, 3.63) is 53.7 Å². The molecule has 6 nitrogen and oxygen atoms in total. The van der Waals surface area contributed by atoms with Crippen molar-refractivity contribution in [3.8, 4) is 11.6 Å². The molecule has 4 N–H and O–H groups in total. The Bertz CT molecular complexity index is 629. The number of aliphatic hydroxyl groups excluding tert-OH is 1. The van der Waals surface area contributed by atoms with E-state index in [1.807, 2.05) is 12.1 Å². The summed E-state index contributed by atoms with van der Waals surface area (Å²) in [6.45, 7) is -0.0539. The Morgan fingerprint density at radius 2 is 2.09 bits per heavy atom. The highest BCUT2D eigenvalue weighted by atomic mass is 16.5. The Labute approximate surface area is 128 Å². The summed E-state index contributed by atoms with van der Waals surface area (Å²) in [5.74, 6) is 0.570. The van der Waals surface area contributed by atoms with Crippen LogP contribution in [0.5, 0.6) is 11.6 Å². The van der Waals surface area contributed by atoms with Gasteiger partial charge in [-0.05, 0) is 36.2 Å². The number of aromatic nitrogens is 1. The zero-order valence-electron chi connectivity index (χ0n) is 12.3. The summed E-state index contributed by atoms with van der Waals surface area (Å²) in [4.78, 5) is 15.9. The molecule has 22 heavy (non-hydrogen) atoms. The van der Waals surface area contributed by atoms with Crippen LogP contribution in [0.2, 0.25) is 0 Å². The van der Waals surface area contributed by atoms with E-state index in [-0.39, 0.29) is 24.4 Å². The summed E-state index contributed by atoms with van der Waals surface area (Å²) < 4.78 is 5.67. The van der Waals surface area contributed by atoms with E-state index in [9.17, 15) is 4.79 Å². The molecule has 0 aliphatic carbocycles. The first-order chi connectivity index (χ1) is 10.6. The van der Waals surface area contributed by atoms with Gasteiger partial charge in [-0.15, -0.1) is 0 Å². The lowest BCUT2D eigenvalue weighted by molar-refractivity contribution is 0.0960. The Morgan fingerprint density at radius 3 is 2.73 bits per heavy atom. The molecule has 1 aromatic heterocycles. The molecular weight excluding hydrogens is 282 g/mol. The number of hydrogen-bond donors (Lipinski definition) is 3. The van der Waals surface area contributed by atoms with Gasteiger partial charge in [0.15, 0.2) is 0 Å². The van der Waals surface area contributed by atoms with Crippen LogP contribution in [0.15, 0.2) is 42.6 Å². The zero-order chi connectivity index (χ0) is 15.9.